The van der Waals surface area contributed by atoms with Crippen LogP contribution in [-0.4, -0.2) is 6.54 Å². The molecule has 0 fully saturated rings. The number of hydrogen-bond acceptors (Lipinski definition) is 1. The quantitative estimate of drug-likeness (QED) is 0.718. The van der Waals surface area contributed by atoms with Gasteiger partial charge in [-0.05, 0) is 48.4 Å². The summed E-state index contributed by atoms with van der Waals surface area (Å²) in [6.45, 7) is 5.03. The zero-order chi connectivity index (χ0) is 14.7. The van der Waals surface area contributed by atoms with Crippen molar-refractivity contribution in [1.29, 1.82) is 0 Å². The summed E-state index contributed by atoms with van der Waals surface area (Å²) in [6, 6.07) is 12.1. The van der Waals surface area contributed by atoms with Crippen LogP contribution in [0, 0.1) is 6.92 Å². The molecule has 0 radical (unpaired) electrons. The Bertz CT molecular complexity index is 613. The van der Waals surface area contributed by atoms with Crippen LogP contribution in [0.2, 0.25) is 10.0 Å². The van der Waals surface area contributed by atoms with Crippen molar-refractivity contribution in [2.24, 2.45) is 0 Å². The van der Waals surface area contributed by atoms with Gasteiger partial charge in [-0.25, -0.2) is 0 Å². The molecule has 106 valence electrons. The van der Waals surface area contributed by atoms with E-state index in [0.29, 0.717) is 10.0 Å². The maximum atomic E-state index is 6.38. The molecule has 0 aliphatic rings. The van der Waals surface area contributed by atoms with Crippen molar-refractivity contribution in [2.45, 2.75) is 19.9 Å². The van der Waals surface area contributed by atoms with Crippen LogP contribution in [0.1, 0.15) is 29.7 Å². The van der Waals surface area contributed by atoms with Crippen LogP contribution in [-0.2, 0) is 0 Å². The summed E-state index contributed by atoms with van der Waals surface area (Å²) in [7, 11) is 0. The number of rotatable bonds is 4. The molecule has 0 bridgehead atoms. The van der Waals surface area contributed by atoms with Crippen LogP contribution < -0.4 is 5.32 Å². The predicted molar refractivity (Wildman–Crippen MR) is 90.9 cm³/mol. The molecule has 0 spiro atoms. The lowest BCUT2D eigenvalue weighted by atomic mass is 9.95. The number of aryl methyl sites for hydroxylation is 1. The van der Waals surface area contributed by atoms with Crippen molar-refractivity contribution < 1.29 is 0 Å². The molecule has 2 rings (SSSR count). The summed E-state index contributed by atoms with van der Waals surface area (Å²) in [4.78, 5) is 0. The zero-order valence-electron chi connectivity index (χ0n) is 11.4. The number of hydrogen-bond donors (Lipinski definition) is 1. The summed E-state index contributed by atoms with van der Waals surface area (Å²) >= 11 is 16.0. The van der Waals surface area contributed by atoms with Crippen LogP contribution in [0.15, 0.2) is 40.9 Å². The Morgan fingerprint density at radius 2 is 1.90 bits per heavy atom. The van der Waals surface area contributed by atoms with Gasteiger partial charge in [0.1, 0.15) is 0 Å². The average molecular weight is 373 g/mol. The van der Waals surface area contributed by atoms with Gasteiger partial charge in [-0.3, -0.25) is 0 Å². The molecule has 1 unspecified atom stereocenters. The minimum atomic E-state index is 0.0410. The second-order valence-electron chi connectivity index (χ2n) is 4.63. The Morgan fingerprint density at radius 3 is 2.55 bits per heavy atom. The van der Waals surface area contributed by atoms with E-state index in [1.54, 1.807) is 0 Å². The van der Waals surface area contributed by atoms with Crippen LogP contribution in [0.4, 0.5) is 0 Å². The number of halogens is 3. The van der Waals surface area contributed by atoms with Gasteiger partial charge in [-0.2, -0.15) is 0 Å². The molecule has 0 heterocycles. The van der Waals surface area contributed by atoms with Crippen molar-refractivity contribution in [3.63, 3.8) is 0 Å². The van der Waals surface area contributed by atoms with Gasteiger partial charge in [0.25, 0.3) is 0 Å². The third-order valence-corrected chi connectivity index (χ3v) is 4.57. The SMILES string of the molecule is CCNC(c1ccc(Br)cc1C)c1cccc(Cl)c1Cl. The highest BCUT2D eigenvalue weighted by atomic mass is 79.9. The van der Waals surface area contributed by atoms with Crippen molar-refractivity contribution in [3.05, 3.63) is 67.6 Å². The molecule has 1 nitrogen and oxygen atoms in total. The summed E-state index contributed by atoms with van der Waals surface area (Å²) in [5.74, 6) is 0. The van der Waals surface area contributed by atoms with Crippen molar-refractivity contribution in [3.8, 4) is 0 Å². The fourth-order valence-corrected chi connectivity index (χ4v) is 3.19. The van der Waals surface area contributed by atoms with Crippen LogP contribution >= 0.6 is 39.1 Å². The third-order valence-electron chi connectivity index (χ3n) is 3.24. The van der Waals surface area contributed by atoms with E-state index < -0.39 is 0 Å². The first-order valence-electron chi connectivity index (χ1n) is 6.48. The molecule has 0 amide bonds. The monoisotopic (exact) mass is 371 g/mol. The van der Waals surface area contributed by atoms with Crippen molar-refractivity contribution in [2.75, 3.05) is 6.54 Å². The molecule has 20 heavy (non-hydrogen) atoms. The lowest BCUT2D eigenvalue weighted by Crippen LogP contribution is -2.23. The molecule has 1 N–H and O–H groups in total. The molecular formula is C16H16BrCl2N. The van der Waals surface area contributed by atoms with E-state index in [1.807, 2.05) is 24.3 Å². The lowest BCUT2D eigenvalue weighted by Gasteiger charge is -2.22. The van der Waals surface area contributed by atoms with Crippen LogP contribution in [0.5, 0.6) is 0 Å². The Hall–Kier alpha value is -0.540. The number of nitrogens with one attached hydrogen (secondary N) is 1. The first-order chi connectivity index (χ1) is 9.54. The van der Waals surface area contributed by atoms with Gasteiger partial charge in [0.2, 0.25) is 0 Å². The summed E-state index contributed by atoms with van der Waals surface area (Å²) < 4.78 is 1.08. The minimum absolute atomic E-state index is 0.0410. The van der Waals surface area contributed by atoms with E-state index in [-0.39, 0.29) is 6.04 Å². The standard InChI is InChI=1S/C16H16BrCl2N/c1-3-20-16(12-8-7-11(17)9-10(12)2)13-5-4-6-14(18)15(13)19/h4-9,16,20H,3H2,1-2H3. The molecular weight excluding hydrogens is 357 g/mol. The van der Waals surface area contributed by atoms with Gasteiger partial charge in [0.15, 0.2) is 0 Å². The van der Waals surface area contributed by atoms with E-state index in [0.717, 1.165) is 16.6 Å². The van der Waals surface area contributed by atoms with E-state index in [9.17, 15) is 0 Å². The van der Waals surface area contributed by atoms with Gasteiger partial charge in [0, 0.05) is 4.47 Å². The molecule has 0 saturated heterocycles. The second kappa shape index (κ2) is 6.95. The highest BCUT2D eigenvalue weighted by Crippen LogP contribution is 2.34. The van der Waals surface area contributed by atoms with Crippen molar-refractivity contribution in [1.82, 2.24) is 5.32 Å². The molecule has 2 aromatic rings. The molecule has 4 heteroatoms. The van der Waals surface area contributed by atoms with Gasteiger partial charge >= 0.3 is 0 Å². The highest BCUT2D eigenvalue weighted by Gasteiger charge is 2.19. The maximum absolute atomic E-state index is 6.38. The topological polar surface area (TPSA) is 12.0 Å². The first kappa shape index (κ1) is 15.8. The van der Waals surface area contributed by atoms with Crippen molar-refractivity contribution >= 4 is 39.1 Å². The van der Waals surface area contributed by atoms with Gasteiger partial charge in [-0.15, -0.1) is 0 Å². The molecule has 0 aliphatic heterocycles. The number of benzene rings is 2. The van der Waals surface area contributed by atoms with Gasteiger partial charge < -0.3 is 5.32 Å². The molecule has 0 saturated carbocycles. The average Bonchev–Trinajstić information content (AvgIpc) is 2.40. The van der Waals surface area contributed by atoms with Gasteiger partial charge in [-0.1, -0.05) is 64.3 Å². The van der Waals surface area contributed by atoms with E-state index >= 15 is 0 Å². The summed E-state index contributed by atoms with van der Waals surface area (Å²) in [5, 5.41) is 4.68. The Balaban J connectivity index is 2.53. The van der Waals surface area contributed by atoms with Crippen LogP contribution in [0.3, 0.4) is 0 Å². The highest BCUT2D eigenvalue weighted by molar-refractivity contribution is 9.10. The van der Waals surface area contributed by atoms with E-state index in [2.05, 4.69) is 47.2 Å². The second-order valence-corrected chi connectivity index (χ2v) is 6.34. The molecule has 0 aromatic heterocycles. The fourth-order valence-electron chi connectivity index (χ4n) is 2.30. The van der Waals surface area contributed by atoms with E-state index in [4.69, 9.17) is 23.2 Å². The summed E-state index contributed by atoms with van der Waals surface area (Å²) in [6.07, 6.45) is 0. The predicted octanol–water partition coefficient (Wildman–Crippen LogP) is 5.76. The first-order valence-corrected chi connectivity index (χ1v) is 8.02. The lowest BCUT2D eigenvalue weighted by molar-refractivity contribution is 0.628. The normalized spacial score (nSPS) is 12.4. The Kier molecular flexibility index (Phi) is 5.50. The van der Waals surface area contributed by atoms with E-state index in [1.165, 1.54) is 11.1 Å². The maximum Gasteiger partial charge on any atom is 0.0643 e. The Labute approximate surface area is 138 Å². The Morgan fingerprint density at radius 1 is 1.15 bits per heavy atom. The zero-order valence-corrected chi connectivity index (χ0v) is 14.5. The summed E-state index contributed by atoms with van der Waals surface area (Å²) in [5.41, 5.74) is 3.42. The third kappa shape index (κ3) is 3.37. The molecule has 2 aromatic carbocycles. The fraction of sp³-hybridized carbons (Fsp3) is 0.250. The van der Waals surface area contributed by atoms with Crippen LogP contribution in [0.25, 0.3) is 0 Å². The molecule has 1 atom stereocenters. The van der Waals surface area contributed by atoms with Gasteiger partial charge in [0.05, 0.1) is 16.1 Å². The smallest absolute Gasteiger partial charge is 0.0643 e. The largest absolute Gasteiger partial charge is 0.306 e. The minimum Gasteiger partial charge on any atom is -0.306 e. The molecule has 0 aliphatic carbocycles.